The molecule has 6 nitrogen and oxygen atoms in total. The van der Waals surface area contributed by atoms with Crippen LogP contribution in [0.4, 0.5) is 4.79 Å². The van der Waals surface area contributed by atoms with Gasteiger partial charge in [-0.25, -0.2) is 9.78 Å². The predicted octanol–water partition coefficient (Wildman–Crippen LogP) is 1.82. The van der Waals surface area contributed by atoms with Gasteiger partial charge >= 0.3 is 6.09 Å². The predicted molar refractivity (Wildman–Crippen MR) is 85.3 cm³/mol. The number of carbonyl (C=O) groups is 1. The second kappa shape index (κ2) is 7.72. The molecule has 1 aromatic heterocycles. The first-order chi connectivity index (χ1) is 9.73. The molecular formula is C14H26N4O2S. The average Bonchev–Trinajstić information content (AvgIpc) is 2.79. The molecule has 0 aliphatic rings. The van der Waals surface area contributed by atoms with Crippen molar-refractivity contribution in [2.45, 2.75) is 51.9 Å². The molecule has 1 amide bonds. The van der Waals surface area contributed by atoms with E-state index < -0.39 is 11.7 Å². The minimum atomic E-state index is -0.505. The van der Waals surface area contributed by atoms with Crippen molar-refractivity contribution < 1.29 is 9.53 Å². The first-order valence-corrected chi connectivity index (χ1v) is 7.94. The van der Waals surface area contributed by atoms with Crippen LogP contribution in [0.3, 0.4) is 0 Å². The van der Waals surface area contributed by atoms with Crippen LogP contribution in [0.1, 0.15) is 33.4 Å². The largest absolute Gasteiger partial charge is 0.444 e. The third kappa shape index (κ3) is 6.41. The van der Waals surface area contributed by atoms with E-state index in [2.05, 4.69) is 15.2 Å². The Kier molecular flexibility index (Phi) is 6.57. The maximum absolute atomic E-state index is 11.8. The van der Waals surface area contributed by atoms with Crippen LogP contribution >= 0.6 is 11.3 Å². The highest BCUT2D eigenvalue weighted by atomic mass is 32.1. The van der Waals surface area contributed by atoms with E-state index >= 15 is 0 Å². The number of nitrogens with zero attached hydrogens (tertiary/aromatic N) is 2. The van der Waals surface area contributed by atoms with Gasteiger partial charge in [0.25, 0.3) is 0 Å². The number of hydrogen-bond acceptors (Lipinski definition) is 6. The Morgan fingerprint density at radius 1 is 1.57 bits per heavy atom. The zero-order valence-electron chi connectivity index (χ0n) is 13.4. The number of nitrogens with one attached hydrogen (secondary N) is 1. The van der Waals surface area contributed by atoms with Crippen molar-refractivity contribution in [3.05, 3.63) is 16.6 Å². The standard InChI is InChI=1S/C14H26N4O2S/c1-10(17-13(19)20-14(2,3)4)12(6-15)18(5)7-11-8-21-9-16-11/h8-10,12H,6-7,15H2,1-5H3,(H,17,19). The molecule has 1 heterocycles. The molecule has 0 bridgehead atoms. The number of hydrogen-bond donors (Lipinski definition) is 2. The molecule has 0 aliphatic heterocycles. The van der Waals surface area contributed by atoms with Crippen molar-refractivity contribution >= 4 is 17.4 Å². The third-order valence-corrected chi connectivity index (χ3v) is 3.66. The Morgan fingerprint density at radius 2 is 2.24 bits per heavy atom. The Hall–Kier alpha value is -1.18. The third-order valence-electron chi connectivity index (χ3n) is 3.02. The Bertz CT molecular complexity index is 431. The van der Waals surface area contributed by atoms with E-state index in [1.807, 2.05) is 45.6 Å². The van der Waals surface area contributed by atoms with Crippen LogP contribution < -0.4 is 11.1 Å². The SMILES string of the molecule is CC(NC(=O)OC(C)(C)C)C(CN)N(C)Cc1cscn1. The summed E-state index contributed by atoms with van der Waals surface area (Å²) in [4.78, 5) is 18.2. The van der Waals surface area contributed by atoms with Gasteiger partial charge in [0.05, 0.1) is 11.2 Å². The maximum atomic E-state index is 11.8. The summed E-state index contributed by atoms with van der Waals surface area (Å²) in [6.45, 7) is 8.59. The number of amides is 1. The molecule has 1 aromatic rings. The lowest BCUT2D eigenvalue weighted by Gasteiger charge is -2.32. The van der Waals surface area contributed by atoms with Crippen LogP contribution in [0.15, 0.2) is 10.9 Å². The molecule has 0 aromatic carbocycles. The van der Waals surface area contributed by atoms with Crippen molar-refractivity contribution in [3.63, 3.8) is 0 Å². The highest BCUT2D eigenvalue weighted by molar-refractivity contribution is 7.07. The number of alkyl carbamates (subject to hydrolysis) is 1. The molecule has 0 saturated carbocycles. The van der Waals surface area contributed by atoms with Crippen LogP contribution in [0.25, 0.3) is 0 Å². The van der Waals surface area contributed by atoms with E-state index in [0.29, 0.717) is 13.1 Å². The highest BCUT2D eigenvalue weighted by Crippen LogP contribution is 2.11. The first kappa shape index (κ1) is 17.9. The second-order valence-corrected chi connectivity index (χ2v) is 6.85. The van der Waals surface area contributed by atoms with Crippen LogP contribution in [0, 0.1) is 0 Å². The normalized spacial score (nSPS) is 14.8. The smallest absolute Gasteiger partial charge is 0.407 e. The molecule has 0 aliphatic carbocycles. The fraction of sp³-hybridized carbons (Fsp3) is 0.714. The lowest BCUT2D eigenvalue weighted by atomic mass is 10.1. The van der Waals surface area contributed by atoms with Gasteiger partial charge in [0.1, 0.15) is 5.60 Å². The Morgan fingerprint density at radius 3 is 2.71 bits per heavy atom. The van der Waals surface area contributed by atoms with Gasteiger partial charge in [-0.2, -0.15) is 0 Å². The highest BCUT2D eigenvalue weighted by Gasteiger charge is 2.24. The molecule has 0 spiro atoms. The van der Waals surface area contributed by atoms with Crippen molar-refractivity contribution in [2.75, 3.05) is 13.6 Å². The summed E-state index contributed by atoms with van der Waals surface area (Å²) >= 11 is 1.57. The molecule has 1 rings (SSSR count). The average molecular weight is 314 g/mol. The van der Waals surface area contributed by atoms with E-state index in [9.17, 15) is 4.79 Å². The van der Waals surface area contributed by atoms with Crippen molar-refractivity contribution in [1.29, 1.82) is 0 Å². The number of nitrogens with two attached hydrogens (primary N) is 1. The number of thiazole rings is 1. The van der Waals surface area contributed by atoms with Crippen molar-refractivity contribution in [3.8, 4) is 0 Å². The van der Waals surface area contributed by atoms with Gasteiger partial charge in [-0.1, -0.05) is 0 Å². The molecule has 0 saturated heterocycles. The molecule has 2 unspecified atom stereocenters. The van der Waals surface area contributed by atoms with Crippen molar-refractivity contribution in [1.82, 2.24) is 15.2 Å². The van der Waals surface area contributed by atoms with Gasteiger partial charge in [-0.15, -0.1) is 11.3 Å². The summed E-state index contributed by atoms with van der Waals surface area (Å²) in [6, 6.07) is -0.104. The maximum Gasteiger partial charge on any atom is 0.407 e. The number of likely N-dealkylation sites (N-methyl/N-ethyl adjacent to an activating group) is 1. The molecule has 21 heavy (non-hydrogen) atoms. The monoisotopic (exact) mass is 314 g/mol. The summed E-state index contributed by atoms with van der Waals surface area (Å²) in [5, 5.41) is 4.86. The fourth-order valence-electron chi connectivity index (χ4n) is 2.04. The first-order valence-electron chi connectivity index (χ1n) is 7.00. The van der Waals surface area contributed by atoms with E-state index in [1.54, 1.807) is 11.3 Å². The second-order valence-electron chi connectivity index (χ2n) is 6.13. The van der Waals surface area contributed by atoms with E-state index in [0.717, 1.165) is 5.69 Å². The zero-order valence-corrected chi connectivity index (χ0v) is 14.2. The minimum Gasteiger partial charge on any atom is -0.444 e. The van der Waals surface area contributed by atoms with Crippen LogP contribution in [0.5, 0.6) is 0 Å². The molecule has 2 atom stereocenters. The van der Waals surface area contributed by atoms with Gasteiger partial charge in [-0.3, -0.25) is 4.90 Å². The molecular weight excluding hydrogens is 288 g/mol. The minimum absolute atomic E-state index is 0.0132. The molecule has 0 radical (unpaired) electrons. The number of carbonyl (C=O) groups excluding carboxylic acids is 1. The quantitative estimate of drug-likeness (QED) is 0.837. The van der Waals surface area contributed by atoms with Gasteiger partial charge in [0.15, 0.2) is 0 Å². The van der Waals surface area contributed by atoms with E-state index in [4.69, 9.17) is 10.5 Å². The van der Waals surface area contributed by atoms with Gasteiger partial charge < -0.3 is 15.8 Å². The van der Waals surface area contributed by atoms with E-state index in [-0.39, 0.29) is 12.1 Å². The Labute approximate surface area is 130 Å². The fourth-order valence-corrected chi connectivity index (χ4v) is 2.59. The lowest BCUT2D eigenvalue weighted by Crippen LogP contribution is -2.53. The Balaban J connectivity index is 2.55. The van der Waals surface area contributed by atoms with Gasteiger partial charge in [-0.05, 0) is 34.7 Å². The van der Waals surface area contributed by atoms with Gasteiger partial charge in [0, 0.05) is 30.6 Å². The summed E-state index contributed by atoms with van der Waals surface area (Å²) in [5.74, 6) is 0. The number of aromatic nitrogens is 1. The van der Waals surface area contributed by atoms with Crippen LogP contribution in [-0.2, 0) is 11.3 Å². The van der Waals surface area contributed by atoms with E-state index in [1.165, 1.54) is 0 Å². The summed E-state index contributed by atoms with van der Waals surface area (Å²) in [7, 11) is 1.98. The molecule has 3 N–H and O–H groups in total. The lowest BCUT2D eigenvalue weighted by molar-refractivity contribution is 0.0476. The number of ether oxygens (including phenoxy) is 1. The summed E-state index contributed by atoms with van der Waals surface area (Å²) < 4.78 is 5.27. The van der Waals surface area contributed by atoms with Crippen molar-refractivity contribution in [2.24, 2.45) is 5.73 Å². The number of rotatable bonds is 6. The summed E-state index contributed by atoms with van der Waals surface area (Å²) in [5.41, 5.74) is 8.16. The summed E-state index contributed by atoms with van der Waals surface area (Å²) in [6.07, 6.45) is -0.421. The zero-order chi connectivity index (χ0) is 16.0. The van der Waals surface area contributed by atoms with Gasteiger partial charge in [0.2, 0.25) is 0 Å². The molecule has 7 heteroatoms. The van der Waals surface area contributed by atoms with Crippen LogP contribution in [0.2, 0.25) is 0 Å². The molecule has 0 fully saturated rings. The molecule has 120 valence electrons. The topological polar surface area (TPSA) is 80.5 Å². The van der Waals surface area contributed by atoms with Crippen LogP contribution in [-0.4, -0.2) is 47.3 Å².